The molecule has 0 fully saturated rings. The van der Waals surface area contributed by atoms with Gasteiger partial charge in [-0.1, -0.05) is 121 Å². The number of rotatable bonds is 2. The molecule has 0 unspecified atom stereocenters. The van der Waals surface area contributed by atoms with Gasteiger partial charge < -0.3 is 0 Å². The normalized spacial score (nSPS) is 17.2. The van der Waals surface area contributed by atoms with Crippen LogP contribution in [0.1, 0.15) is 34.1 Å². The predicted molar refractivity (Wildman–Crippen MR) is 289 cm³/mol. The number of halogens is 12. The van der Waals surface area contributed by atoms with Gasteiger partial charge in [-0.05, 0) is 79.2 Å². The summed E-state index contributed by atoms with van der Waals surface area (Å²) in [6, 6.07) is 61.5. The van der Waals surface area contributed by atoms with E-state index in [0.717, 1.165) is 43.9 Å². The molecule has 16 heteroatoms. The number of para-hydroxylation sites is 4. The molecule has 0 radical (unpaired) electrons. The fourth-order valence-corrected chi connectivity index (χ4v) is 8.97. The zero-order chi connectivity index (χ0) is 45.6. The average molecular weight is 1310 g/mol. The Kier molecular flexibility index (Phi) is 12.1. The third kappa shape index (κ3) is 11.3. The molecule has 0 bridgehead atoms. The molecule has 1 aliphatic carbocycles. The molecule has 0 saturated heterocycles. The number of fused-ring (bicyclic) bond motifs is 11. The largest absolute Gasteiger partial charge is 0.361 e. The van der Waals surface area contributed by atoms with Crippen molar-refractivity contribution in [2.45, 2.75) is 11.8 Å². The number of hydrogen-bond donors (Lipinski definition) is 0. The van der Waals surface area contributed by atoms with Crippen LogP contribution in [0.5, 0.6) is 0 Å². The fraction of sp³-hybridized carbons (Fsp3) is 0.0417. The summed E-state index contributed by atoms with van der Waals surface area (Å²) in [6.07, 6.45) is 0. The van der Waals surface area contributed by atoms with Crippen molar-refractivity contribution in [3.05, 3.63) is 192 Å². The molecule has 0 amide bonds. The van der Waals surface area contributed by atoms with E-state index in [1.54, 1.807) is 0 Å². The minimum absolute atomic E-state index is 0.0521. The van der Waals surface area contributed by atoms with Gasteiger partial charge in [0, 0.05) is 36.1 Å². The molecule has 11 rings (SSSR count). The van der Waals surface area contributed by atoms with Crippen LogP contribution in [0, 0.1) is 0 Å². The molecule has 0 N–H and O–H groups in total. The topological polar surface area (TPSA) is 22.6 Å². The van der Waals surface area contributed by atoms with Gasteiger partial charge in [-0.2, -0.15) is 0 Å². The summed E-state index contributed by atoms with van der Waals surface area (Å²) >= 11 is 0. The Morgan fingerprint density at radius 3 is 0.797 bits per heavy atom. The molecule has 328 valence electrons. The Hall–Kier alpha value is -1.26. The van der Waals surface area contributed by atoms with Crippen molar-refractivity contribution in [1.29, 1.82) is 0 Å². The molecule has 64 heavy (non-hydrogen) atoms. The van der Waals surface area contributed by atoms with Gasteiger partial charge >= 0.3 is 147 Å². The van der Waals surface area contributed by atoms with Crippen molar-refractivity contribution in [3.8, 4) is 11.1 Å². The maximum atomic E-state index is 6.63. The summed E-state index contributed by atoms with van der Waals surface area (Å²) in [6.45, 7) is 0. The Morgan fingerprint density at radius 2 is 0.516 bits per heavy atom. The summed E-state index contributed by atoms with van der Waals surface area (Å²) in [7, 11) is 49.9. The van der Waals surface area contributed by atoms with Gasteiger partial charge in [0.1, 0.15) is 0 Å². The monoisotopic (exact) mass is 1300 g/mol. The van der Waals surface area contributed by atoms with Crippen molar-refractivity contribution >= 4 is 190 Å². The second-order valence-electron chi connectivity index (χ2n) is 15.4. The molecular weight excluding hydrogens is 1280 g/mol. The van der Waals surface area contributed by atoms with E-state index in [0.29, 0.717) is 0 Å². The molecule has 0 saturated carbocycles. The van der Waals surface area contributed by atoms with Crippen LogP contribution in [-0.2, 0) is 0 Å². The summed E-state index contributed by atoms with van der Waals surface area (Å²) in [5.41, 5.74) is 11.4. The van der Waals surface area contributed by atoms with Crippen molar-refractivity contribution in [2.24, 2.45) is 0 Å². The molecule has 2 nitrogen and oxygen atoms in total. The van der Waals surface area contributed by atoms with Gasteiger partial charge in [-0.25, -0.2) is 8.83 Å². The SMILES string of the molecule is [Cl][Sb-]([Cl])([Cl])([Cl])([Cl])[Cl].[Cl][Sb-]([Cl])([Cl])([Cl])([Cl])[Cl].c1ccc2c3c(ccc2c1)[C@H](c1c2ccccc2[o+]c2ccccc12)[C@@H](c1c2ccccc2[o+]c2ccccc12)c1ccc2ccccc2c1-3. The number of hydrogen-bond acceptors (Lipinski definition) is 0. The maximum absolute atomic E-state index is 6.63. The van der Waals surface area contributed by atoms with E-state index >= 15 is 0 Å². The van der Waals surface area contributed by atoms with Crippen LogP contribution in [0.4, 0.5) is 0 Å². The summed E-state index contributed by atoms with van der Waals surface area (Å²) < 4.78 is 13.3. The van der Waals surface area contributed by atoms with Crippen LogP contribution < -0.4 is 0 Å². The third-order valence-electron chi connectivity index (χ3n) is 10.9. The van der Waals surface area contributed by atoms with Gasteiger partial charge in [0.2, 0.25) is 0 Å². The quantitative estimate of drug-likeness (QED) is 0.0978. The summed E-state index contributed by atoms with van der Waals surface area (Å²) in [5.74, 6) is -0.104. The fourth-order valence-electron chi connectivity index (χ4n) is 8.97. The van der Waals surface area contributed by atoms with E-state index in [-0.39, 0.29) is 11.8 Å². The van der Waals surface area contributed by atoms with E-state index in [1.165, 1.54) is 54.9 Å². The molecule has 10 aromatic rings. The smallest absolute Gasteiger partial charge is 0.207 e. The third-order valence-corrected chi connectivity index (χ3v) is 10.9. The molecule has 2 aromatic heterocycles. The number of benzene rings is 8. The molecule has 0 spiro atoms. The summed E-state index contributed by atoms with van der Waals surface area (Å²) in [5, 5.41) is 9.59. The van der Waals surface area contributed by atoms with Crippen molar-refractivity contribution in [1.82, 2.24) is 0 Å². The first-order valence-corrected chi connectivity index (χ1v) is 58.2. The Labute approximate surface area is 407 Å². The van der Waals surface area contributed by atoms with Gasteiger partial charge in [-0.15, -0.1) is 0 Å². The van der Waals surface area contributed by atoms with Gasteiger partial charge in [-0.3, -0.25) is 0 Å². The van der Waals surface area contributed by atoms with Gasteiger partial charge in [0.15, 0.2) is 0 Å². The Balaban J connectivity index is 0.000000324. The van der Waals surface area contributed by atoms with Crippen molar-refractivity contribution in [2.75, 3.05) is 0 Å². The Morgan fingerprint density at radius 1 is 0.281 bits per heavy atom. The first-order chi connectivity index (χ1) is 29.7. The minimum atomic E-state index is -5.42. The van der Waals surface area contributed by atoms with Crippen LogP contribution >= 0.6 is 106 Å². The molecule has 0 aliphatic heterocycles. The van der Waals surface area contributed by atoms with Crippen LogP contribution in [-0.4, -0.2) is 18.3 Å². The second-order valence-corrected chi connectivity index (χ2v) is 129. The molecule has 8 aromatic carbocycles. The Bertz CT molecular complexity index is 3160. The summed E-state index contributed by atoms with van der Waals surface area (Å²) in [4.78, 5) is 0. The standard InChI is InChI=1S/C48H30O2.12ClH.2Sb/c1-3-15-31-29(13-1)25-27-37-43(31)44-32-16-4-2-14-30(32)26-28-38(44)48(46-35-19-7-11-23-41(35)50-42-24-12-8-20-36(42)46)47(37)45-33-17-5-9-21-39(33)49-40-22-10-6-18-34(40)45;;;;;;;;;;;;;;/h1-28,47-48H;12*1H;;/q+2;;;;;;;;;;;;;2*+5/p-12/t47-,48-;;;;;;;;;;;;;;/m1............../s1. The van der Waals surface area contributed by atoms with E-state index < -0.39 is 18.3 Å². The second kappa shape index (κ2) is 16.2. The van der Waals surface area contributed by atoms with Crippen LogP contribution in [0.25, 0.3) is 76.5 Å². The van der Waals surface area contributed by atoms with E-state index in [2.05, 4.69) is 170 Å². The molecule has 2 atom stereocenters. The molecule has 2 heterocycles. The average Bonchev–Trinajstić information content (AvgIpc) is 3.22. The van der Waals surface area contributed by atoms with Crippen LogP contribution in [0.2, 0.25) is 0 Å². The maximum Gasteiger partial charge on any atom is 0.361 e. The van der Waals surface area contributed by atoms with Gasteiger partial charge in [0.25, 0.3) is 0 Å². The first-order valence-electron chi connectivity index (χ1n) is 19.4. The van der Waals surface area contributed by atoms with Crippen molar-refractivity contribution in [3.63, 3.8) is 0 Å². The van der Waals surface area contributed by atoms with Crippen LogP contribution in [0.3, 0.4) is 0 Å². The zero-order valence-corrected chi connectivity index (χ0v) is 46.7. The van der Waals surface area contributed by atoms with Crippen molar-refractivity contribution < 1.29 is 8.83 Å². The predicted octanol–water partition coefficient (Wildman–Crippen LogP) is 20.8. The molecule has 1 aliphatic rings. The van der Waals surface area contributed by atoms with E-state index in [1.807, 2.05) is 0 Å². The molecular formula is C48H30Cl12O2Sb2. The minimum Gasteiger partial charge on any atom is -0.207 e. The van der Waals surface area contributed by atoms with E-state index in [9.17, 15) is 0 Å². The van der Waals surface area contributed by atoms with Gasteiger partial charge in [0.05, 0.1) is 21.5 Å². The zero-order valence-electron chi connectivity index (χ0n) is 32.6. The first kappa shape index (κ1) is 47.8. The van der Waals surface area contributed by atoms with Crippen LogP contribution in [0.15, 0.2) is 179 Å². The van der Waals surface area contributed by atoms with E-state index in [4.69, 9.17) is 115 Å².